The van der Waals surface area contributed by atoms with E-state index in [1.807, 2.05) is 51.1 Å². The van der Waals surface area contributed by atoms with Crippen LogP contribution in [0.25, 0.3) is 0 Å². The fourth-order valence-corrected chi connectivity index (χ4v) is 6.04. The largest absolute Gasteiger partial charge is 0.493 e. The Morgan fingerprint density at radius 3 is 2.27 bits per heavy atom. The second-order valence-corrected chi connectivity index (χ2v) is 10.8. The predicted octanol–water partition coefficient (Wildman–Crippen LogP) is 6.19. The highest BCUT2D eigenvalue weighted by molar-refractivity contribution is 9.10. The Kier molecular flexibility index (Phi) is 9.13. The number of Topliss-reactive ketones (excluding diaryl/α,β-unsaturated/α-hetero) is 1. The van der Waals surface area contributed by atoms with E-state index in [4.69, 9.17) is 23.7 Å². The zero-order valence-corrected chi connectivity index (χ0v) is 25.6. The molecule has 2 aromatic carbocycles. The maximum absolute atomic E-state index is 14.0. The summed E-state index contributed by atoms with van der Waals surface area (Å²) in [4.78, 5) is 27.6. The Hall–Kier alpha value is -3.46. The Balaban J connectivity index is 1.84. The monoisotopic (exact) mass is 613 g/mol. The van der Waals surface area contributed by atoms with Gasteiger partial charge in [-0.25, -0.2) is 4.79 Å². The van der Waals surface area contributed by atoms with Crippen LogP contribution in [0.4, 0.5) is 0 Å². The van der Waals surface area contributed by atoms with Gasteiger partial charge in [-0.15, -0.1) is 0 Å². The molecule has 0 saturated heterocycles. The third-order valence-electron chi connectivity index (χ3n) is 7.60. The molecule has 0 saturated carbocycles. The maximum atomic E-state index is 14.0. The summed E-state index contributed by atoms with van der Waals surface area (Å²) >= 11 is 3.58. The Labute approximate surface area is 243 Å². The molecule has 0 amide bonds. The minimum Gasteiger partial charge on any atom is -0.493 e. The SMILES string of the molecule is CC[C@H](C)OC(=O)C1=C(C)NC2=C(C(=O)C[C@H](c3ccc(OC)c(OC)c3)C2)[C@H]1c1cc(Br)c(OC)c(OC)c1. The topological polar surface area (TPSA) is 92.3 Å². The first-order valence-corrected chi connectivity index (χ1v) is 14.0. The van der Waals surface area contributed by atoms with Gasteiger partial charge in [-0.3, -0.25) is 4.79 Å². The van der Waals surface area contributed by atoms with E-state index < -0.39 is 11.9 Å². The van der Waals surface area contributed by atoms with E-state index >= 15 is 0 Å². The van der Waals surface area contributed by atoms with Crippen LogP contribution < -0.4 is 24.3 Å². The third-order valence-corrected chi connectivity index (χ3v) is 8.19. The van der Waals surface area contributed by atoms with Crippen molar-refractivity contribution in [1.82, 2.24) is 5.32 Å². The lowest BCUT2D eigenvalue weighted by Gasteiger charge is -2.37. The maximum Gasteiger partial charge on any atom is 0.337 e. The molecule has 0 radical (unpaired) electrons. The van der Waals surface area contributed by atoms with E-state index in [0.717, 1.165) is 16.8 Å². The quantitative estimate of drug-likeness (QED) is 0.335. The van der Waals surface area contributed by atoms with Crippen molar-refractivity contribution in [1.29, 1.82) is 0 Å². The molecule has 2 aromatic rings. The van der Waals surface area contributed by atoms with E-state index in [0.29, 0.717) is 57.2 Å². The Bertz CT molecular complexity index is 1380. The van der Waals surface area contributed by atoms with Gasteiger partial charge in [0.1, 0.15) is 0 Å². The molecule has 2 aliphatic rings. The number of carbonyl (C=O) groups is 2. The standard InChI is InChI=1S/C31H36BrNO7/c1-8-16(2)40-31(35)27-17(3)33-22-12-19(18-9-10-24(36-4)25(14-18)37-5)13-23(34)29(22)28(27)20-11-21(32)30(39-7)26(15-20)38-6/h9-11,14-16,19,28,33H,8,12-13H2,1-7H3/t16-,19+,28-/m0/s1. The van der Waals surface area contributed by atoms with Crippen molar-refractivity contribution in [3.8, 4) is 23.0 Å². The smallest absolute Gasteiger partial charge is 0.337 e. The van der Waals surface area contributed by atoms with Gasteiger partial charge < -0.3 is 29.0 Å². The van der Waals surface area contributed by atoms with Crippen LogP contribution >= 0.6 is 15.9 Å². The molecular weight excluding hydrogens is 578 g/mol. The van der Waals surface area contributed by atoms with Gasteiger partial charge in [0, 0.05) is 29.3 Å². The molecule has 40 heavy (non-hydrogen) atoms. The van der Waals surface area contributed by atoms with Crippen molar-refractivity contribution >= 4 is 27.7 Å². The van der Waals surface area contributed by atoms with Crippen molar-refractivity contribution in [3.05, 3.63) is 68.5 Å². The molecule has 4 rings (SSSR count). The number of halogens is 1. The van der Waals surface area contributed by atoms with Crippen molar-refractivity contribution in [2.75, 3.05) is 28.4 Å². The number of ketones is 1. The first-order valence-electron chi connectivity index (χ1n) is 13.3. The number of nitrogens with one attached hydrogen (secondary N) is 1. The van der Waals surface area contributed by atoms with Crippen molar-refractivity contribution in [2.24, 2.45) is 0 Å². The van der Waals surface area contributed by atoms with Crippen LogP contribution in [0, 0.1) is 0 Å². The van der Waals surface area contributed by atoms with Gasteiger partial charge >= 0.3 is 5.97 Å². The fourth-order valence-electron chi connectivity index (χ4n) is 5.42. The molecule has 0 unspecified atom stereocenters. The second-order valence-electron chi connectivity index (χ2n) is 9.99. The van der Waals surface area contributed by atoms with Gasteiger partial charge in [-0.05, 0) is 83.9 Å². The van der Waals surface area contributed by atoms with Crippen molar-refractivity contribution < 1.29 is 33.3 Å². The molecule has 9 heteroatoms. The van der Waals surface area contributed by atoms with Gasteiger partial charge in [0.15, 0.2) is 28.8 Å². The van der Waals surface area contributed by atoms with Gasteiger partial charge in [0.25, 0.3) is 0 Å². The number of dihydropyridines is 1. The zero-order valence-electron chi connectivity index (χ0n) is 24.0. The third kappa shape index (κ3) is 5.57. The molecule has 8 nitrogen and oxygen atoms in total. The highest BCUT2D eigenvalue weighted by Crippen LogP contribution is 2.49. The highest BCUT2D eigenvalue weighted by Gasteiger charge is 2.42. The molecule has 0 spiro atoms. The van der Waals surface area contributed by atoms with Gasteiger partial charge in [-0.2, -0.15) is 0 Å². The molecule has 0 fully saturated rings. The molecule has 1 heterocycles. The lowest BCUT2D eigenvalue weighted by atomic mass is 9.71. The number of carbonyl (C=O) groups excluding carboxylic acids is 2. The van der Waals surface area contributed by atoms with Gasteiger partial charge in [0.2, 0.25) is 0 Å². The van der Waals surface area contributed by atoms with Crippen molar-refractivity contribution in [3.63, 3.8) is 0 Å². The molecule has 3 atom stereocenters. The molecule has 1 N–H and O–H groups in total. The summed E-state index contributed by atoms with van der Waals surface area (Å²) in [5.74, 6) is 1.08. The molecular formula is C31H36BrNO7. The zero-order chi connectivity index (χ0) is 29.1. The molecule has 0 bridgehead atoms. The van der Waals surface area contributed by atoms with E-state index in [1.165, 1.54) is 0 Å². The predicted molar refractivity (Wildman–Crippen MR) is 155 cm³/mol. The number of allylic oxidation sites excluding steroid dienone is 3. The molecule has 0 aromatic heterocycles. The summed E-state index contributed by atoms with van der Waals surface area (Å²) in [5.41, 5.74) is 4.14. The summed E-state index contributed by atoms with van der Waals surface area (Å²) in [7, 11) is 6.30. The van der Waals surface area contributed by atoms with Gasteiger partial charge in [-0.1, -0.05) is 13.0 Å². The number of methoxy groups -OCH3 is 4. The number of esters is 1. The highest BCUT2D eigenvalue weighted by atomic mass is 79.9. The lowest BCUT2D eigenvalue weighted by molar-refractivity contribution is -0.144. The van der Waals surface area contributed by atoms with E-state index in [9.17, 15) is 9.59 Å². The summed E-state index contributed by atoms with van der Waals surface area (Å²) in [5, 5.41) is 3.40. The minimum atomic E-state index is -0.636. The van der Waals surface area contributed by atoms with Crippen LogP contribution in [0.3, 0.4) is 0 Å². The van der Waals surface area contributed by atoms with Crippen molar-refractivity contribution in [2.45, 2.75) is 58.0 Å². The molecule has 1 aliphatic carbocycles. The number of ether oxygens (including phenoxy) is 5. The summed E-state index contributed by atoms with van der Waals surface area (Å²) < 4.78 is 28.4. The molecule has 214 valence electrons. The van der Waals surface area contributed by atoms with Crippen LogP contribution in [0.1, 0.15) is 63.0 Å². The minimum absolute atomic E-state index is 0.0363. The van der Waals surface area contributed by atoms with Crippen LogP contribution in [-0.4, -0.2) is 46.3 Å². The number of rotatable bonds is 9. The lowest BCUT2D eigenvalue weighted by Crippen LogP contribution is -2.36. The normalized spacial score (nSPS) is 19.4. The first kappa shape index (κ1) is 29.5. The first-order chi connectivity index (χ1) is 19.2. The summed E-state index contributed by atoms with van der Waals surface area (Å²) in [6, 6.07) is 9.44. The number of hydrogen-bond acceptors (Lipinski definition) is 8. The number of hydrogen-bond donors (Lipinski definition) is 1. The fraction of sp³-hybridized carbons (Fsp3) is 0.419. The van der Waals surface area contributed by atoms with E-state index in [1.54, 1.807) is 28.4 Å². The summed E-state index contributed by atoms with van der Waals surface area (Å²) in [6.45, 7) is 5.67. The van der Waals surface area contributed by atoms with Crippen LogP contribution in [-0.2, 0) is 14.3 Å². The second kappa shape index (κ2) is 12.4. The van der Waals surface area contributed by atoms with E-state index in [-0.39, 0.29) is 24.2 Å². The average molecular weight is 615 g/mol. The Morgan fingerprint density at radius 1 is 0.975 bits per heavy atom. The van der Waals surface area contributed by atoms with Crippen LogP contribution in [0.2, 0.25) is 0 Å². The molecule has 1 aliphatic heterocycles. The average Bonchev–Trinajstić information content (AvgIpc) is 2.95. The van der Waals surface area contributed by atoms with Crippen LogP contribution in [0.15, 0.2) is 57.3 Å². The van der Waals surface area contributed by atoms with Crippen LogP contribution in [0.5, 0.6) is 23.0 Å². The number of benzene rings is 2. The summed E-state index contributed by atoms with van der Waals surface area (Å²) in [6.07, 6.45) is 1.29. The van der Waals surface area contributed by atoms with E-state index in [2.05, 4.69) is 21.2 Å². The van der Waals surface area contributed by atoms with Gasteiger partial charge in [0.05, 0.1) is 44.6 Å². The Morgan fingerprint density at radius 2 is 1.65 bits per heavy atom.